The van der Waals surface area contributed by atoms with Gasteiger partial charge in [0.2, 0.25) is 0 Å². The molecule has 0 bridgehead atoms. The summed E-state index contributed by atoms with van der Waals surface area (Å²) in [6, 6.07) is 10.4. The maximum absolute atomic E-state index is 4.66. The Kier molecular flexibility index (Phi) is 4.23. The zero-order chi connectivity index (χ0) is 14.7. The lowest BCUT2D eigenvalue weighted by Crippen LogP contribution is -2.14. The molecule has 1 N–H and O–H groups in total. The Morgan fingerprint density at radius 2 is 1.90 bits per heavy atom. The first-order chi connectivity index (χ1) is 9.51. The third kappa shape index (κ3) is 3.07. The van der Waals surface area contributed by atoms with Crippen LogP contribution in [0, 0.1) is 6.92 Å². The first kappa shape index (κ1) is 14.3. The second-order valence-corrected chi connectivity index (χ2v) is 5.27. The molecule has 0 spiro atoms. The van der Waals surface area contributed by atoms with Gasteiger partial charge < -0.3 is 10.2 Å². The van der Waals surface area contributed by atoms with Crippen molar-refractivity contribution in [3.05, 3.63) is 41.7 Å². The number of aryl methyl sites for hydroxylation is 1. The van der Waals surface area contributed by atoms with Gasteiger partial charge in [-0.3, -0.25) is 0 Å². The van der Waals surface area contributed by atoms with E-state index in [2.05, 4.69) is 65.2 Å². The molecular weight excluding hydrogens is 248 g/mol. The molecule has 0 aliphatic heterocycles. The summed E-state index contributed by atoms with van der Waals surface area (Å²) in [5.41, 5.74) is 2.36. The minimum atomic E-state index is 0.299. The van der Waals surface area contributed by atoms with Crippen molar-refractivity contribution in [2.45, 2.75) is 26.7 Å². The van der Waals surface area contributed by atoms with Crippen LogP contribution in [-0.2, 0) is 0 Å². The van der Waals surface area contributed by atoms with Crippen LogP contribution in [0.5, 0.6) is 0 Å². The molecule has 0 amide bonds. The number of hydrogen-bond donors (Lipinski definition) is 1. The van der Waals surface area contributed by atoms with E-state index in [1.807, 2.05) is 20.2 Å². The Labute approximate surface area is 120 Å². The van der Waals surface area contributed by atoms with Crippen molar-refractivity contribution in [3.8, 4) is 0 Å². The largest absolute Gasteiger partial charge is 0.373 e. The zero-order valence-electron chi connectivity index (χ0n) is 12.8. The van der Waals surface area contributed by atoms with E-state index in [1.54, 1.807) is 0 Å². The van der Waals surface area contributed by atoms with E-state index in [1.165, 1.54) is 5.56 Å². The van der Waals surface area contributed by atoms with Crippen molar-refractivity contribution in [1.82, 2.24) is 9.97 Å². The van der Waals surface area contributed by atoms with Crippen LogP contribution in [0.3, 0.4) is 0 Å². The molecule has 2 aromatic rings. The van der Waals surface area contributed by atoms with Gasteiger partial charge in [-0.15, -0.1) is 0 Å². The van der Waals surface area contributed by atoms with Gasteiger partial charge in [-0.2, -0.15) is 0 Å². The summed E-state index contributed by atoms with van der Waals surface area (Å²) in [6.07, 6.45) is 0. The summed E-state index contributed by atoms with van der Waals surface area (Å²) in [5, 5.41) is 3.10. The second kappa shape index (κ2) is 5.90. The van der Waals surface area contributed by atoms with Crippen LogP contribution in [0.1, 0.15) is 31.2 Å². The molecule has 0 aliphatic rings. The van der Waals surface area contributed by atoms with Gasteiger partial charge >= 0.3 is 0 Å². The van der Waals surface area contributed by atoms with Gasteiger partial charge in [0.15, 0.2) is 0 Å². The fraction of sp³-hybridized carbons (Fsp3) is 0.375. The fourth-order valence-corrected chi connectivity index (χ4v) is 1.98. The van der Waals surface area contributed by atoms with Crippen molar-refractivity contribution in [2.24, 2.45) is 0 Å². The lowest BCUT2D eigenvalue weighted by Gasteiger charge is -2.20. The Hall–Kier alpha value is -2.10. The fourth-order valence-electron chi connectivity index (χ4n) is 1.98. The first-order valence-electron chi connectivity index (χ1n) is 6.88. The Morgan fingerprint density at radius 1 is 1.15 bits per heavy atom. The molecule has 0 aliphatic carbocycles. The molecule has 0 fully saturated rings. The van der Waals surface area contributed by atoms with Crippen LogP contribution in [-0.4, -0.2) is 24.1 Å². The summed E-state index contributed by atoms with van der Waals surface area (Å²) >= 11 is 0. The van der Waals surface area contributed by atoms with Crippen LogP contribution in [0.4, 0.5) is 17.3 Å². The predicted molar refractivity (Wildman–Crippen MR) is 84.9 cm³/mol. The third-order valence-electron chi connectivity index (χ3n) is 3.24. The molecule has 1 aromatic carbocycles. The average molecular weight is 270 g/mol. The molecule has 1 heterocycles. The number of aromatic nitrogens is 2. The van der Waals surface area contributed by atoms with Crippen LogP contribution in [0.15, 0.2) is 30.3 Å². The standard InChI is InChI=1S/C16H22N4/c1-11(2)16-18-14(17-4)10-15(19-16)20(5)13-8-6-7-12(3)9-13/h6-11H,1-5H3,(H,17,18,19). The van der Waals surface area contributed by atoms with E-state index in [0.29, 0.717) is 5.92 Å². The maximum atomic E-state index is 4.66. The van der Waals surface area contributed by atoms with Crippen molar-refractivity contribution in [3.63, 3.8) is 0 Å². The van der Waals surface area contributed by atoms with Crippen LogP contribution in [0.2, 0.25) is 0 Å². The Bertz CT molecular complexity index is 593. The van der Waals surface area contributed by atoms with Crippen LogP contribution < -0.4 is 10.2 Å². The van der Waals surface area contributed by atoms with E-state index >= 15 is 0 Å². The van der Waals surface area contributed by atoms with E-state index in [0.717, 1.165) is 23.1 Å². The number of benzene rings is 1. The third-order valence-corrected chi connectivity index (χ3v) is 3.24. The molecular formula is C16H22N4. The van der Waals surface area contributed by atoms with Crippen molar-refractivity contribution in [2.75, 3.05) is 24.3 Å². The highest BCUT2D eigenvalue weighted by molar-refractivity contribution is 5.62. The molecule has 2 rings (SSSR count). The normalized spacial score (nSPS) is 10.7. The van der Waals surface area contributed by atoms with Crippen LogP contribution in [0.25, 0.3) is 0 Å². The van der Waals surface area contributed by atoms with E-state index < -0.39 is 0 Å². The van der Waals surface area contributed by atoms with Crippen molar-refractivity contribution >= 4 is 17.3 Å². The monoisotopic (exact) mass is 270 g/mol. The number of hydrogen-bond acceptors (Lipinski definition) is 4. The summed E-state index contributed by atoms with van der Waals surface area (Å²) in [5.74, 6) is 2.90. The summed E-state index contributed by atoms with van der Waals surface area (Å²) < 4.78 is 0. The number of anilines is 3. The Balaban J connectivity index is 2.43. The highest BCUT2D eigenvalue weighted by atomic mass is 15.2. The van der Waals surface area contributed by atoms with Gasteiger partial charge in [-0.1, -0.05) is 26.0 Å². The highest BCUT2D eigenvalue weighted by Crippen LogP contribution is 2.25. The summed E-state index contributed by atoms with van der Waals surface area (Å²) in [7, 11) is 3.91. The highest BCUT2D eigenvalue weighted by Gasteiger charge is 2.11. The van der Waals surface area contributed by atoms with Gasteiger partial charge in [0.1, 0.15) is 17.5 Å². The molecule has 1 aromatic heterocycles. The molecule has 0 unspecified atom stereocenters. The first-order valence-corrected chi connectivity index (χ1v) is 6.88. The zero-order valence-corrected chi connectivity index (χ0v) is 12.8. The molecule has 106 valence electrons. The molecule has 0 saturated heterocycles. The average Bonchev–Trinajstić information content (AvgIpc) is 2.45. The maximum Gasteiger partial charge on any atom is 0.138 e. The molecule has 0 radical (unpaired) electrons. The minimum Gasteiger partial charge on any atom is -0.373 e. The van der Waals surface area contributed by atoms with Gasteiger partial charge in [-0.05, 0) is 24.6 Å². The number of nitrogens with zero attached hydrogens (tertiary/aromatic N) is 3. The Morgan fingerprint density at radius 3 is 2.50 bits per heavy atom. The van der Waals surface area contributed by atoms with Crippen molar-refractivity contribution in [1.29, 1.82) is 0 Å². The van der Waals surface area contributed by atoms with E-state index in [-0.39, 0.29) is 0 Å². The van der Waals surface area contributed by atoms with Gasteiger partial charge in [0.25, 0.3) is 0 Å². The SMILES string of the molecule is CNc1cc(N(C)c2cccc(C)c2)nc(C(C)C)n1. The van der Waals surface area contributed by atoms with E-state index in [9.17, 15) is 0 Å². The predicted octanol–water partition coefficient (Wildman–Crippen LogP) is 3.72. The lowest BCUT2D eigenvalue weighted by molar-refractivity contribution is 0.773. The number of nitrogens with one attached hydrogen (secondary N) is 1. The van der Waals surface area contributed by atoms with Gasteiger partial charge in [-0.25, -0.2) is 9.97 Å². The molecule has 4 nitrogen and oxygen atoms in total. The number of rotatable bonds is 4. The van der Waals surface area contributed by atoms with Crippen molar-refractivity contribution < 1.29 is 0 Å². The van der Waals surface area contributed by atoms with Gasteiger partial charge in [0.05, 0.1) is 0 Å². The second-order valence-electron chi connectivity index (χ2n) is 5.27. The molecule has 4 heteroatoms. The quantitative estimate of drug-likeness (QED) is 0.919. The lowest BCUT2D eigenvalue weighted by atomic mass is 10.2. The summed E-state index contributed by atoms with van der Waals surface area (Å²) in [6.45, 7) is 6.30. The molecule has 20 heavy (non-hydrogen) atoms. The van der Waals surface area contributed by atoms with Gasteiger partial charge in [0, 0.05) is 31.8 Å². The smallest absolute Gasteiger partial charge is 0.138 e. The topological polar surface area (TPSA) is 41.0 Å². The van der Waals surface area contributed by atoms with E-state index in [4.69, 9.17) is 0 Å². The summed E-state index contributed by atoms with van der Waals surface area (Å²) in [4.78, 5) is 11.2. The molecule has 0 saturated carbocycles. The molecule has 0 atom stereocenters. The minimum absolute atomic E-state index is 0.299. The van der Waals surface area contributed by atoms with Crippen LogP contribution >= 0.6 is 0 Å².